The van der Waals surface area contributed by atoms with Crippen LogP contribution in [0.5, 0.6) is 0 Å². The molecular weight excluding hydrogens is 907 g/mol. The predicted molar refractivity (Wildman–Crippen MR) is 282 cm³/mol. The average molecular weight is 1010 g/mol. The standard InChI is InChI=1S/C57H107NO13/c1-3-5-7-9-11-13-15-17-18-19-20-21-22-23-24-25-26-27-29-30-32-34-36-38-40-46(61)45(58-49(62)41-39-37-35-33-31-28-16-14-12-10-8-6-4-2)44-68-56-54(67)52(65)55(48(43-60)70-56)71-57-53(66)51(64)50(63)47(42-59)69-57/h30,32,38,40,45-48,50-57,59-61,63-67H,3-29,31,33-37,39,41-44H2,1-2H3,(H,58,62)/b32-30+,40-38+. The topological polar surface area (TPSA) is 228 Å². The first-order valence-corrected chi connectivity index (χ1v) is 29.1. The third-order valence-electron chi connectivity index (χ3n) is 14.4. The maximum atomic E-state index is 13.2. The summed E-state index contributed by atoms with van der Waals surface area (Å²) in [6, 6.07) is -0.926. The second kappa shape index (κ2) is 43.7. The summed E-state index contributed by atoms with van der Waals surface area (Å²) in [4.78, 5) is 13.2. The van der Waals surface area contributed by atoms with Gasteiger partial charge in [0.1, 0.15) is 48.8 Å². The van der Waals surface area contributed by atoms with E-state index >= 15 is 0 Å². The van der Waals surface area contributed by atoms with E-state index in [4.69, 9.17) is 18.9 Å². The second-order valence-electron chi connectivity index (χ2n) is 20.8. The molecule has 2 rings (SSSR count). The fraction of sp³-hybridized carbons (Fsp3) is 0.912. The molecule has 2 saturated heterocycles. The second-order valence-corrected chi connectivity index (χ2v) is 20.8. The van der Waals surface area contributed by atoms with Gasteiger partial charge < -0.3 is 65.1 Å². The van der Waals surface area contributed by atoms with Crippen molar-refractivity contribution in [3.05, 3.63) is 24.3 Å². The monoisotopic (exact) mass is 1010 g/mol. The number of allylic oxidation sites excluding steroid dienone is 3. The highest BCUT2D eigenvalue weighted by molar-refractivity contribution is 5.76. The molecule has 418 valence electrons. The molecule has 0 aromatic rings. The van der Waals surface area contributed by atoms with E-state index in [0.29, 0.717) is 12.8 Å². The van der Waals surface area contributed by atoms with Crippen LogP contribution >= 0.6 is 0 Å². The van der Waals surface area contributed by atoms with Gasteiger partial charge in [0.15, 0.2) is 12.6 Å². The van der Waals surface area contributed by atoms with Crippen molar-refractivity contribution in [1.29, 1.82) is 0 Å². The summed E-state index contributed by atoms with van der Waals surface area (Å²) in [5.74, 6) is -0.247. The number of unbranched alkanes of at least 4 members (excludes halogenated alkanes) is 31. The Morgan fingerprint density at radius 2 is 0.901 bits per heavy atom. The van der Waals surface area contributed by atoms with Crippen molar-refractivity contribution in [1.82, 2.24) is 5.32 Å². The first-order chi connectivity index (χ1) is 34.6. The number of ether oxygens (including phenoxy) is 4. The summed E-state index contributed by atoms with van der Waals surface area (Å²) >= 11 is 0. The molecule has 9 N–H and O–H groups in total. The molecule has 12 unspecified atom stereocenters. The van der Waals surface area contributed by atoms with Gasteiger partial charge >= 0.3 is 0 Å². The minimum absolute atomic E-state index is 0.247. The maximum Gasteiger partial charge on any atom is 0.220 e. The lowest BCUT2D eigenvalue weighted by molar-refractivity contribution is -0.359. The Morgan fingerprint density at radius 1 is 0.493 bits per heavy atom. The molecule has 14 heteroatoms. The number of hydrogen-bond donors (Lipinski definition) is 9. The van der Waals surface area contributed by atoms with Gasteiger partial charge in [-0.3, -0.25) is 4.79 Å². The lowest BCUT2D eigenvalue weighted by Gasteiger charge is -2.46. The maximum absolute atomic E-state index is 13.2. The third kappa shape index (κ3) is 30.0. The van der Waals surface area contributed by atoms with E-state index in [0.717, 1.165) is 32.1 Å². The zero-order valence-electron chi connectivity index (χ0n) is 44.7. The van der Waals surface area contributed by atoms with Gasteiger partial charge in [0.2, 0.25) is 5.91 Å². The summed E-state index contributed by atoms with van der Waals surface area (Å²) < 4.78 is 22.7. The largest absolute Gasteiger partial charge is 0.394 e. The van der Waals surface area contributed by atoms with Crippen molar-refractivity contribution in [2.24, 2.45) is 0 Å². The number of carbonyl (C=O) groups is 1. The van der Waals surface area contributed by atoms with Crippen molar-refractivity contribution in [2.45, 2.75) is 312 Å². The van der Waals surface area contributed by atoms with Crippen molar-refractivity contribution in [3.8, 4) is 0 Å². The van der Waals surface area contributed by atoms with Crippen LogP contribution in [0.15, 0.2) is 24.3 Å². The number of carbonyl (C=O) groups excluding carboxylic acids is 1. The SMILES string of the molecule is CCCCCCCCCCCCCCCCCCCC/C=C/CC/C=C/C(O)C(COC1OC(CO)C(OC2OC(CO)C(O)C(O)C2O)C(O)C1O)NC(=O)CCCCCCCCCCCCCCC. The van der Waals surface area contributed by atoms with Gasteiger partial charge in [-0.25, -0.2) is 0 Å². The van der Waals surface area contributed by atoms with Gasteiger partial charge in [-0.1, -0.05) is 224 Å². The molecule has 71 heavy (non-hydrogen) atoms. The molecular formula is C57H107NO13. The van der Waals surface area contributed by atoms with Gasteiger partial charge in [0.05, 0.1) is 32.0 Å². The van der Waals surface area contributed by atoms with Crippen molar-refractivity contribution >= 4 is 5.91 Å². The zero-order chi connectivity index (χ0) is 51.7. The molecule has 12 atom stereocenters. The fourth-order valence-corrected chi connectivity index (χ4v) is 9.66. The lowest BCUT2D eigenvalue weighted by Crippen LogP contribution is -2.65. The molecule has 2 aliphatic heterocycles. The van der Waals surface area contributed by atoms with Crippen LogP contribution in [0.3, 0.4) is 0 Å². The zero-order valence-corrected chi connectivity index (χ0v) is 44.7. The van der Waals surface area contributed by atoms with Crippen LogP contribution in [-0.2, 0) is 23.7 Å². The minimum atomic E-state index is -1.79. The summed E-state index contributed by atoms with van der Waals surface area (Å²) in [5.41, 5.74) is 0. The summed E-state index contributed by atoms with van der Waals surface area (Å²) in [5, 5.41) is 86.9. The highest BCUT2D eigenvalue weighted by Crippen LogP contribution is 2.30. The van der Waals surface area contributed by atoms with Gasteiger partial charge in [-0.2, -0.15) is 0 Å². The number of hydrogen-bond acceptors (Lipinski definition) is 13. The van der Waals surface area contributed by atoms with E-state index in [1.165, 1.54) is 173 Å². The number of rotatable bonds is 46. The molecule has 0 aromatic carbocycles. The molecule has 0 aromatic heterocycles. The smallest absolute Gasteiger partial charge is 0.220 e. The van der Waals surface area contributed by atoms with Crippen LogP contribution in [0.25, 0.3) is 0 Å². The van der Waals surface area contributed by atoms with Crippen LogP contribution < -0.4 is 5.32 Å². The Balaban J connectivity index is 1.77. The fourth-order valence-electron chi connectivity index (χ4n) is 9.66. The number of aliphatic hydroxyl groups excluding tert-OH is 8. The third-order valence-corrected chi connectivity index (χ3v) is 14.4. The van der Waals surface area contributed by atoms with Gasteiger partial charge in [-0.05, 0) is 32.1 Å². The molecule has 0 aliphatic carbocycles. The summed E-state index contributed by atoms with van der Waals surface area (Å²) in [6.07, 6.45) is 33.7. The summed E-state index contributed by atoms with van der Waals surface area (Å²) in [7, 11) is 0. The normalized spacial score (nSPS) is 25.9. The lowest BCUT2D eigenvalue weighted by atomic mass is 9.97. The quantitative estimate of drug-likeness (QED) is 0.0205. The van der Waals surface area contributed by atoms with E-state index in [1.54, 1.807) is 6.08 Å². The molecule has 2 heterocycles. The molecule has 14 nitrogen and oxygen atoms in total. The van der Waals surface area contributed by atoms with E-state index < -0.39 is 86.8 Å². The molecule has 2 aliphatic rings. The predicted octanol–water partition coefficient (Wildman–Crippen LogP) is 9.28. The van der Waals surface area contributed by atoms with Crippen molar-refractivity contribution in [2.75, 3.05) is 19.8 Å². The number of aliphatic hydroxyl groups is 8. The first-order valence-electron chi connectivity index (χ1n) is 29.1. The van der Waals surface area contributed by atoms with Gasteiger partial charge in [0.25, 0.3) is 0 Å². The van der Waals surface area contributed by atoms with E-state index in [-0.39, 0.29) is 18.9 Å². The molecule has 2 fully saturated rings. The molecule has 0 spiro atoms. The van der Waals surface area contributed by atoms with E-state index in [2.05, 4.69) is 31.3 Å². The molecule has 0 bridgehead atoms. The molecule has 1 amide bonds. The van der Waals surface area contributed by atoms with Crippen molar-refractivity contribution in [3.63, 3.8) is 0 Å². The minimum Gasteiger partial charge on any atom is -0.394 e. The highest BCUT2D eigenvalue weighted by Gasteiger charge is 2.51. The van der Waals surface area contributed by atoms with Crippen molar-refractivity contribution < 1.29 is 64.6 Å². The van der Waals surface area contributed by atoms with E-state index in [9.17, 15) is 45.6 Å². The number of amides is 1. The molecule has 0 radical (unpaired) electrons. The van der Waals surface area contributed by atoms with Crippen LogP contribution in [0.4, 0.5) is 0 Å². The van der Waals surface area contributed by atoms with Crippen LogP contribution in [-0.4, -0.2) is 140 Å². The summed E-state index contributed by atoms with van der Waals surface area (Å²) in [6.45, 7) is 2.79. The molecule has 0 saturated carbocycles. The van der Waals surface area contributed by atoms with E-state index in [1.807, 2.05) is 6.08 Å². The average Bonchev–Trinajstić information content (AvgIpc) is 3.37. The van der Waals surface area contributed by atoms with Crippen LogP contribution in [0.2, 0.25) is 0 Å². The van der Waals surface area contributed by atoms with Gasteiger partial charge in [-0.15, -0.1) is 0 Å². The Labute approximate surface area is 430 Å². The van der Waals surface area contributed by atoms with Crippen LogP contribution in [0.1, 0.15) is 239 Å². The number of nitrogens with one attached hydrogen (secondary N) is 1. The Bertz CT molecular complexity index is 1290. The highest BCUT2D eigenvalue weighted by atomic mass is 16.7. The Hall–Kier alpha value is -1.53. The Morgan fingerprint density at radius 3 is 1.38 bits per heavy atom. The van der Waals surface area contributed by atoms with Gasteiger partial charge in [0, 0.05) is 6.42 Å². The van der Waals surface area contributed by atoms with Crippen LogP contribution in [0, 0.1) is 0 Å². The Kier molecular flexibility index (Phi) is 40.4. The first kappa shape index (κ1) is 65.6.